The molecule has 0 radical (unpaired) electrons. The number of benzene rings is 3. The van der Waals surface area contributed by atoms with E-state index in [1.165, 1.54) is 0 Å². The molecule has 1 amide bonds. The van der Waals surface area contributed by atoms with Crippen LogP contribution >= 0.6 is 15.9 Å². The third-order valence-corrected chi connectivity index (χ3v) is 5.99. The summed E-state index contributed by atoms with van der Waals surface area (Å²) in [7, 11) is 1.75. The molecular weight excluding hydrogens is 454 g/mol. The van der Waals surface area contributed by atoms with Crippen LogP contribution in [0.15, 0.2) is 82.1 Å². The Labute approximate surface area is 187 Å². The zero-order valence-electron chi connectivity index (χ0n) is 16.7. The first-order valence-electron chi connectivity index (χ1n) is 9.86. The molecule has 3 aromatic carbocycles. The minimum absolute atomic E-state index is 0.123. The highest BCUT2D eigenvalue weighted by Crippen LogP contribution is 2.38. The number of carbonyl (C=O) groups excluding carboxylic acids is 1. The molecule has 0 aliphatic carbocycles. The van der Waals surface area contributed by atoms with Gasteiger partial charge in [0.1, 0.15) is 5.82 Å². The fourth-order valence-corrected chi connectivity index (χ4v) is 4.27. The number of hydrogen-bond acceptors (Lipinski definition) is 3. The van der Waals surface area contributed by atoms with E-state index in [1.807, 2.05) is 66.7 Å². The van der Waals surface area contributed by atoms with Crippen molar-refractivity contribution in [3.05, 3.63) is 105 Å². The van der Waals surface area contributed by atoms with Crippen LogP contribution in [0, 0.1) is 0 Å². The lowest BCUT2D eigenvalue weighted by atomic mass is 10.1. The second-order valence-corrected chi connectivity index (χ2v) is 8.36. The lowest BCUT2D eigenvalue weighted by Gasteiger charge is -2.12. The summed E-state index contributed by atoms with van der Waals surface area (Å²) in [5, 5.41) is 0.554. The van der Waals surface area contributed by atoms with E-state index in [0.717, 1.165) is 21.3 Å². The second-order valence-electron chi connectivity index (χ2n) is 7.45. The first kappa shape index (κ1) is 19.5. The number of rotatable bonds is 3. The molecule has 0 fully saturated rings. The fraction of sp³-hybridized carbons (Fsp3) is 0.0800. The van der Waals surface area contributed by atoms with Gasteiger partial charge in [0, 0.05) is 17.1 Å². The number of carbonyl (C=O) groups is 1. The highest BCUT2D eigenvalue weighted by atomic mass is 79.9. The summed E-state index contributed by atoms with van der Waals surface area (Å²) in [5.74, 6) is 0.332. The standard InChI is InChI=1S/C25H18BrN3O2/c1-28-22-12-11-17(26)13-19(22)20(24(28)30)14-23-27-21-10-6-5-9-18(21)25(31)29(23)15-16-7-3-2-4-8-16/h2-14H,15H2,1H3. The van der Waals surface area contributed by atoms with Gasteiger partial charge in [0.05, 0.1) is 28.7 Å². The Hall–Kier alpha value is -3.51. The first-order chi connectivity index (χ1) is 15.0. The molecule has 0 saturated carbocycles. The van der Waals surface area contributed by atoms with Crippen molar-refractivity contribution in [3.63, 3.8) is 0 Å². The van der Waals surface area contributed by atoms with Gasteiger partial charge in [-0.15, -0.1) is 0 Å². The Bertz CT molecular complexity index is 1420. The maximum Gasteiger partial charge on any atom is 0.261 e. The lowest BCUT2D eigenvalue weighted by Crippen LogP contribution is -2.25. The Morgan fingerprint density at radius 2 is 1.71 bits per heavy atom. The minimum Gasteiger partial charge on any atom is -0.311 e. The van der Waals surface area contributed by atoms with E-state index in [4.69, 9.17) is 4.98 Å². The molecule has 2 heterocycles. The molecule has 4 aromatic rings. The van der Waals surface area contributed by atoms with Crippen LogP contribution in [-0.4, -0.2) is 22.5 Å². The van der Waals surface area contributed by atoms with Crippen molar-refractivity contribution >= 4 is 50.1 Å². The third kappa shape index (κ3) is 3.39. The SMILES string of the molecule is CN1C(=O)C(=Cc2nc3ccccc3c(=O)n2Cc2ccccc2)c2cc(Br)ccc21. The lowest BCUT2D eigenvalue weighted by molar-refractivity contribution is -0.112. The van der Waals surface area contributed by atoms with E-state index < -0.39 is 0 Å². The van der Waals surface area contributed by atoms with Crippen LogP contribution in [0.4, 0.5) is 5.69 Å². The third-order valence-electron chi connectivity index (χ3n) is 5.49. The van der Waals surface area contributed by atoms with Crippen molar-refractivity contribution in [3.8, 4) is 0 Å². The maximum absolute atomic E-state index is 13.4. The van der Waals surface area contributed by atoms with E-state index in [-0.39, 0.29) is 11.5 Å². The summed E-state index contributed by atoms with van der Waals surface area (Å²) in [6, 6.07) is 22.8. The van der Waals surface area contributed by atoms with Crippen molar-refractivity contribution in [2.24, 2.45) is 0 Å². The molecular formula is C25H18BrN3O2. The quantitative estimate of drug-likeness (QED) is 0.406. The predicted octanol–water partition coefficient (Wildman–Crippen LogP) is 4.72. The molecule has 0 spiro atoms. The molecule has 0 atom stereocenters. The Morgan fingerprint density at radius 1 is 0.968 bits per heavy atom. The van der Waals surface area contributed by atoms with E-state index in [0.29, 0.717) is 28.8 Å². The summed E-state index contributed by atoms with van der Waals surface area (Å²) >= 11 is 3.49. The summed E-state index contributed by atoms with van der Waals surface area (Å²) in [6.45, 7) is 0.367. The van der Waals surface area contributed by atoms with Gasteiger partial charge in [0.15, 0.2) is 0 Å². The predicted molar refractivity (Wildman–Crippen MR) is 127 cm³/mol. The van der Waals surface area contributed by atoms with E-state index in [2.05, 4.69) is 15.9 Å². The van der Waals surface area contributed by atoms with Crippen molar-refractivity contribution in [2.75, 3.05) is 11.9 Å². The average Bonchev–Trinajstić information content (AvgIpc) is 3.01. The van der Waals surface area contributed by atoms with E-state index in [1.54, 1.807) is 28.7 Å². The Kier molecular flexibility index (Phi) is 4.79. The topological polar surface area (TPSA) is 55.2 Å². The fourth-order valence-electron chi connectivity index (χ4n) is 3.90. The number of amides is 1. The highest BCUT2D eigenvalue weighted by Gasteiger charge is 2.30. The van der Waals surface area contributed by atoms with Gasteiger partial charge in [-0.3, -0.25) is 14.2 Å². The smallest absolute Gasteiger partial charge is 0.261 e. The molecule has 0 unspecified atom stereocenters. The Balaban J connectivity index is 1.75. The number of halogens is 1. The molecule has 31 heavy (non-hydrogen) atoms. The van der Waals surface area contributed by atoms with Crippen LogP contribution < -0.4 is 10.5 Å². The van der Waals surface area contributed by atoms with Crippen molar-refractivity contribution in [2.45, 2.75) is 6.54 Å². The van der Waals surface area contributed by atoms with Gasteiger partial charge in [-0.05, 0) is 42.0 Å². The molecule has 0 bridgehead atoms. The first-order valence-corrected chi connectivity index (χ1v) is 10.7. The van der Waals surface area contributed by atoms with Gasteiger partial charge >= 0.3 is 0 Å². The molecule has 5 nitrogen and oxygen atoms in total. The zero-order valence-corrected chi connectivity index (χ0v) is 18.3. The monoisotopic (exact) mass is 471 g/mol. The normalized spacial score (nSPS) is 14.5. The van der Waals surface area contributed by atoms with E-state index in [9.17, 15) is 9.59 Å². The Morgan fingerprint density at radius 3 is 2.52 bits per heavy atom. The molecule has 0 N–H and O–H groups in total. The van der Waals surface area contributed by atoms with Crippen LogP contribution in [0.3, 0.4) is 0 Å². The summed E-state index contributed by atoms with van der Waals surface area (Å²) < 4.78 is 2.52. The van der Waals surface area contributed by atoms with Gasteiger partial charge in [0.25, 0.3) is 11.5 Å². The number of aromatic nitrogens is 2. The summed E-state index contributed by atoms with van der Waals surface area (Å²) in [5.41, 5.74) is 3.63. The number of likely N-dealkylation sites (N-methyl/N-ethyl adjacent to an activating group) is 1. The molecule has 5 rings (SSSR count). The van der Waals surface area contributed by atoms with Gasteiger partial charge in [-0.25, -0.2) is 4.98 Å². The number of anilines is 1. The van der Waals surface area contributed by atoms with Crippen molar-refractivity contribution in [1.29, 1.82) is 0 Å². The van der Waals surface area contributed by atoms with Crippen LogP contribution in [0.25, 0.3) is 22.6 Å². The molecule has 6 heteroatoms. The molecule has 152 valence electrons. The number of fused-ring (bicyclic) bond motifs is 2. The van der Waals surface area contributed by atoms with Crippen LogP contribution in [-0.2, 0) is 11.3 Å². The molecule has 1 aliphatic rings. The number of hydrogen-bond donors (Lipinski definition) is 0. The van der Waals surface area contributed by atoms with Crippen molar-refractivity contribution < 1.29 is 4.79 Å². The average molecular weight is 472 g/mol. The maximum atomic E-state index is 13.4. The zero-order chi connectivity index (χ0) is 21.5. The van der Waals surface area contributed by atoms with Crippen LogP contribution in [0.5, 0.6) is 0 Å². The summed E-state index contributed by atoms with van der Waals surface area (Å²) in [4.78, 5) is 32.8. The minimum atomic E-state index is -0.130. The largest absolute Gasteiger partial charge is 0.311 e. The van der Waals surface area contributed by atoms with Gasteiger partial charge < -0.3 is 4.90 Å². The number of para-hydroxylation sites is 1. The number of nitrogens with zero attached hydrogens (tertiary/aromatic N) is 3. The van der Waals surface area contributed by atoms with Crippen LogP contribution in [0.1, 0.15) is 17.0 Å². The molecule has 1 aliphatic heterocycles. The van der Waals surface area contributed by atoms with Crippen molar-refractivity contribution in [1.82, 2.24) is 9.55 Å². The summed E-state index contributed by atoms with van der Waals surface area (Å²) in [6.07, 6.45) is 1.73. The van der Waals surface area contributed by atoms with E-state index >= 15 is 0 Å². The molecule has 1 aromatic heterocycles. The van der Waals surface area contributed by atoms with Gasteiger partial charge in [0.2, 0.25) is 0 Å². The molecule has 0 saturated heterocycles. The van der Waals surface area contributed by atoms with Gasteiger partial charge in [-0.2, -0.15) is 0 Å². The van der Waals surface area contributed by atoms with Crippen LogP contribution in [0.2, 0.25) is 0 Å². The highest BCUT2D eigenvalue weighted by molar-refractivity contribution is 9.10. The second kappa shape index (κ2) is 7.63. The van der Waals surface area contributed by atoms with Gasteiger partial charge in [-0.1, -0.05) is 58.4 Å².